The van der Waals surface area contributed by atoms with E-state index in [1.807, 2.05) is 0 Å². The third kappa shape index (κ3) is 0.642. The van der Waals surface area contributed by atoms with Crippen molar-refractivity contribution in [1.82, 2.24) is 0 Å². The van der Waals surface area contributed by atoms with Crippen molar-refractivity contribution in [3.05, 3.63) is 0 Å². The SMILES string of the molecule is O=PC1=NC2=NC=NC2=N1. The van der Waals surface area contributed by atoms with E-state index in [9.17, 15) is 4.57 Å². The second kappa shape index (κ2) is 1.88. The first-order valence-electron chi connectivity index (χ1n) is 2.51. The molecular formula is C4HN4OP. The maximum Gasteiger partial charge on any atom is 0.234 e. The summed E-state index contributed by atoms with van der Waals surface area (Å²) in [6, 6.07) is 0. The van der Waals surface area contributed by atoms with Crippen LogP contribution in [-0.4, -0.2) is 23.6 Å². The van der Waals surface area contributed by atoms with Crippen LogP contribution in [0.3, 0.4) is 0 Å². The van der Waals surface area contributed by atoms with E-state index in [4.69, 9.17) is 0 Å². The third-order valence-electron chi connectivity index (χ3n) is 1.05. The average Bonchev–Trinajstić information content (AvgIpc) is 2.42. The topological polar surface area (TPSA) is 66.5 Å². The predicted octanol–water partition coefficient (Wildman–Crippen LogP) is 0.487. The minimum atomic E-state index is -0.188. The summed E-state index contributed by atoms with van der Waals surface area (Å²) in [5.74, 6) is 0.914. The van der Waals surface area contributed by atoms with E-state index in [2.05, 4.69) is 20.0 Å². The van der Waals surface area contributed by atoms with Gasteiger partial charge in [0.05, 0.1) is 0 Å². The lowest BCUT2D eigenvalue weighted by Gasteiger charge is -1.76. The van der Waals surface area contributed by atoms with Crippen molar-refractivity contribution in [2.24, 2.45) is 20.0 Å². The molecule has 2 rings (SSSR count). The molecule has 0 fully saturated rings. The smallest absolute Gasteiger partial charge is 0.234 e. The molecule has 0 atom stereocenters. The number of amidine groups is 3. The van der Waals surface area contributed by atoms with Crippen LogP contribution in [0, 0.1) is 0 Å². The Labute approximate surface area is 57.5 Å². The molecule has 0 aliphatic carbocycles. The van der Waals surface area contributed by atoms with Gasteiger partial charge in [-0.2, -0.15) is 9.98 Å². The van der Waals surface area contributed by atoms with E-state index in [1.54, 1.807) is 0 Å². The predicted molar refractivity (Wildman–Crippen MR) is 38.4 cm³/mol. The Kier molecular flexibility index (Phi) is 1.05. The normalized spacial score (nSPS) is 20.6. The zero-order valence-electron chi connectivity index (χ0n) is 4.72. The van der Waals surface area contributed by atoms with Crippen molar-refractivity contribution in [3.63, 3.8) is 0 Å². The van der Waals surface area contributed by atoms with Gasteiger partial charge < -0.3 is 0 Å². The van der Waals surface area contributed by atoms with Crippen LogP contribution >= 0.6 is 8.46 Å². The minimum Gasteiger partial charge on any atom is -0.266 e. The van der Waals surface area contributed by atoms with Gasteiger partial charge in [0.15, 0.2) is 0 Å². The number of fused-ring (bicyclic) bond motifs is 1. The standard InChI is InChI=1S/C4HN4OP/c9-10-4-7-2-3(8-4)6-1-5-2/h1H. The molecule has 0 saturated heterocycles. The molecule has 0 spiro atoms. The number of hydrogen-bond acceptors (Lipinski definition) is 5. The van der Waals surface area contributed by atoms with Gasteiger partial charge in [0.2, 0.25) is 25.7 Å². The van der Waals surface area contributed by atoms with Gasteiger partial charge in [-0.15, -0.1) is 0 Å². The highest BCUT2D eigenvalue weighted by molar-refractivity contribution is 7.47. The zero-order chi connectivity index (χ0) is 6.97. The van der Waals surface area contributed by atoms with Crippen LogP contribution in [0.1, 0.15) is 0 Å². The maximum atomic E-state index is 10.2. The van der Waals surface area contributed by atoms with Crippen LogP contribution in [0.2, 0.25) is 0 Å². The van der Waals surface area contributed by atoms with Gasteiger partial charge in [-0.05, 0) is 0 Å². The molecule has 48 valence electrons. The quantitative estimate of drug-likeness (QED) is 0.504. The van der Waals surface area contributed by atoms with Crippen molar-refractivity contribution in [2.75, 3.05) is 0 Å². The number of rotatable bonds is 1. The lowest BCUT2D eigenvalue weighted by Crippen LogP contribution is -1.97. The molecule has 2 aliphatic heterocycles. The van der Waals surface area contributed by atoms with E-state index < -0.39 is 0 Å². The largest absolute Gasteiger partial charge is 0.266 e. The lowest BCUT2D eigenvalue weighted by atomic mass is 10.6. The molecule has 2 aliphatic rings. The van der Waals surface area contributed by atoms with Crippen molar-refractivity contribution < 1.29 is 4.57 Å². The van der Waals surface area contributed by atoms with Crippen molar-refractivity contribution >= 4 is 32.0 Å². The molecular weight excluding hydrogens is 151 g/mol. The Morgan fingerprint density at radius 2 is 2.20 bits per heavy atom. The van der Waals surface area contributed by atoms with Gasteiger partial charge in [0, 0.05) is 0 Å². The van der Waals surface area contributed by atoms with Crippen LogP contribution in [-0.2, 0) is 4.57 Å². The molecule has 0 amide bonds. The second-order valence-electron chi connectivity index (χ2n) is 1.64. The van der Waals surface area contributed by atoms with Crippen LogP contribution in [0.25, 0.3) is 0 Å². The summed E-state index contributed by atoms with van der Waals surface area (Å²) in [5, 5.41) is 0. The zero-order valence-corrected chi connectivity index (χ0v) is 5.62. The molecule has 0 aromatic carbocycles. The minimum absolute atomic E-state index is 0.188. The second-order valence-corrected chi connectivity index (χ2v) is 2.22. The van der Waals surface area contributed by atoms with Gasteiger partial charge in [0.25, 0.3) is 0 Å². The summed E-state index contributed by atoms with van der Waals surface area (Å²) in [7, 11) is -0.188. The van der Waals surface area contributed by atoms with Gasteiger partial charge in [-0.3, -0.25) is 4.57 Å². The third-order valence-corrected chi connectivity index (χ3v) is 1.42. The van der Waals surface area contributed by atoms with Crippen molar-refractivity contribution in [3.8, 4) is 0 Å². The van der Waals surface area contributed by atoms with Crippen LogP contribution in [0.5, 0.6) is 0 Å². The summed E-state index contributed by atoms with van der Waals surface area (Å²) in [5.41, 5.74) is 0.241. The van der Waals surface area contributed by atoms with E-state index >= 15 is 0 Å². The summed E-state index contributed by atoms with van der Waals surface area (Å²) in [6.07, 6.45) is 1.37. The monoisotopic (exact) mass is 152 g/mol. The highest BCUT2D eigenvalue weighted by Gasteiger charge is 2.19. The van der Waals surface area contributed by atoms with Gasteiger partial charge in [-0.25, -0.2) is 9.98 Å². The highest BCUT2D eigenvalue weighted by Crippen LogP contribution is 2.11. The van der Waals surface area contributed by atoms with Crippen LogP contribution < -0.4 is 0 Å². The molecule has 5 nitrogen and oxygen atoms in total. The first kappa shape index (κ1) is 5.56. The highest BCUT2D eigenvalue weighted by atomic mass is 31.1. The molecule has 0 radical (unpaired) electrons. The number of nitrogens with zero attached hydrogens (tertiary/aromatic N) is 4. The summed E-state index contributed by atoms with van der Waals surface area (Å²) in [6.45, 7) is 0. The van der Waals surface area contributed by atoms with Gasteiger partial charge in [-0.1, -0.05) is 0 Å². The van der Waals surface area contributed by atoms with E-state index in [-0.39, 0.29) is 14.0 Å². The van der Waals surface area contributed by atoms with Gasteiger partial charge >= 0.3 is 0 Å². The van der Waals surface area contributed by atoms with Crippen LogP contribution in [0.15, 0.2) is 20.0 Å². The van der Waals surface area contributed by atoms with E-state index in [1.165, 1.54) is 6.34 Å². The molecule has 10 heavy (non-hydrogen) atoms. The number of hydrogen-bond donors (Lipinski definition) is 0. The lowest BCUT2D eigenvalue weighted by molar-refractivity contribution is 0.604. The summed E-state index contributed by atoms with van der Waals surface area (Å²) in [4.78, 5) is 15.1. The molecule has 0 aromatic heterocycles. The fourth-order valence-corrected chi connectivity index (χ4v) is 0.938. The molecule has 0 bridgehead atoms. The first-order chi connectivity index (χ1) is 4.90. The Balaban J connectivity index is 2.46. The van der Waals surface area contributed by atoms with E-state index in [0.717, 1.165) is 0 Å². The molecule has 2 heterocycles. The maximum absolute atomic E-state index is 10.2. The summed E-state index contributed by atoms with van der Waals surface area (Å²) < 4.78 is 10.2. The molecule has 0 unspecified atom stereocenters. The Morgan fingerprint density at radius 1 is 1.30 bits per heavy atom. The molecule has 0 saturated carbocycles. The van der Waals surface area contributed by atoms with Gasteiger partial charge in [0.1, 0.15) is 6.34 Å². The molecule has 0 aromatic rings. The van der Waals surface area contributed by atoms with Crippen molar-refractivity contribution in [1.29, 1.82) is 0 Å². The fraction of sp³-hybridized carbons (Fsp3) is 0. The number of aliphatic imine (C=N–C) groups is 4. The Morgan fingerprint density at radius 3 is 2.90 bits per heavy atom. The van der Waals surface area contributed by atoms with E-state index in [0.29, 0.717) is 11.7 Å². The fourth-order valence-electron chi connectivity index (χ4n) is 0.667. The summed E-state index contributed by atoms with van der Waals surface area (Å²) >= 11 is 0. The molecule has 0 N–H and O–H groups in total. The Bertz CT molecular complexity index is 313. The average molecular weight is 152 g/mol. The molecule has 6 heteroatoms. The van der Waals surface area contributed by atoms with Crippen LogP contribution in [0.4, 0.5) is 0 Å². The Hall–Kier alpha value is -1.22. The van der Waals surface area contributed by atoms with Crippen molar-refractivity contribution in [2.45, 2.75) is 0 Å². The first-order valence-corrected chi connectivity index (χ1v) is 3.33.